The van der Waals surface area contributed by atoms with Gasteiger partial charge in [-0.15, -0.1) is 0 Å². The molecule has 0 unspecified atom stereocenters. The molecule has 2 atom stereocenters. The average molecular weight is 335 g/mol. The van der Waals surface area contributed by atoms with E-state index in [0.717, 1.165) is 44.3 Å². The molecule has 0 saturated heterocycles. The van der Waals surface area contributed by atoms with Gasteiger partial charge in [0.2, 0.25) is 0 Å². The molecular formula is C18H25NO3S. The van der Waals surface area contributed by atoms with Gasteiger partial charge in [-0.3, -0.25) is 4.90 Å². The third-order valence-corrected chi connectivity index (χ3v) is 6.55. The molecule has 1 aliphatic heterocycles. The standard InChI is InChI=1S/C18H25NO3S/c1-3-19(4-2)17-15-12-8-9-13-16(15)22-23(20,21)18(17)14-10-6-5-7-11-14/h5-7,10-11,17-18H,3-4,8-9,12-13H2,1-2H3/t17-,18+/m0/s1. The molecule has 0 amide bonds. The lowest BCUT2D eigenvalue weighted by Gasteiger charge is -2.42. The van der Waals surface area contributed by atoms with Crippen molar-refractivity contribution in [3.8, 4) is 0 Å². The summed E-state index contributed by atoms with van der Waals surface area (Å²) >= 11 is 0. The number of benzene rings is 1. The summed E-state index contributed by atoms with van der Waals surface area (Å²) in [5, 5.41) is -0.638. The first-order valence-corrected chi connectivity index (χ1v) is 9.99. The molecule has 4 nitrogen and oxygen atoms in total. The summed E-state index contributed by atoms with van der Waals surface area (Å²) < 4.78 is 31.3. The number of rotatable bonds is 4. The van der Waals surface area contributed by atoms with E-state index < -0.39 is 15.4 Å². The largest absolute Gasteiger partial charge is 0.386 e. The summed E-state index contributed by atoms with van der Waals surface area (Å²) in [6, 6.07) is 9.40. The van der Waals surface area contributed by atoms with Crippen molar-refractivity contribution < 1.29 is 12.6 Å². The quantitative estimate of drug-likeness (QED) is 0.788. The second-order valence-corrected chi connectivity index (χ2v) is 7.89. The molecule has 1 aromatic rings. The monoisotopic (exact) mass is 335 g/mol. The minimum absolute atomic E-state index is 0.110. The normalized spacial score (nSPS) is 26.7. The molecule has 1 aromatic carbocycles. The van der Waals surface area contributed by atoms with E-state index in [9.17, 15) is 8.42 Å². The molecule has 5 heteroatoms. The Balaban J connectivity index is 2.15. The van der Waals surface area contributed by atoms with E-state index in [0.29, 0.717) is 5.76 Å². The fourth-order valence-corrected chi connectivity index (χ4v) is 5.58. The highest BCUT2D eigenvalue weighted by Gasteiger charge is 2.46. The van der Waals surface area contributed by atoms with Gasteiger partial charge in [0.1, 0.15) is 11.0 Å². The van der Waals surface area contributed by atoms with Crippen LogP contribution in [0.3, 0.4) is 0 Å². The number of hydrogen-bond donors (Lipinski definition) is 0. The highest BCUT2D eigenvalue weighted by molar-refractivity contribution is 7.87. The predicted molar refractivity (Wildman–Crippen MR) is 91.4 cm³/mol. The van der Waals surface area contributed by atoms with Gasteiger partial charge in [-0.05, 0) is 43.5 Å². The van der Waals surface area contributed by atoms with Crippen molar-refractivity contribution in [1.82, 2.24) is 4.90 Å². The maximum Gasteiger partial charge on any atom is 0.317 e. The molecule has 23 heavy (non-hydrogen) atoms. The Morgan fingerprint density at radius 1 is 1.09 bits per heavy atom. The fourth-order valence-electron chi connectivity index (χ4n) is 3.86. The van der Waals surface area contributed by atoms with E-state index in [-0.39, 0.29) is 6.04 Å². The first-order chi connectivity index (χ1) is 11.1. The van der Waals surface area contributed by atoms with Crippen LogP contribution in [0, 0.1) is 0 Å². The van der Waals surface area contributed by atoms with Gasteiger partial charge in [0.05, 0.1) is 6.04 Å². The van der Waals surface area contributed by atoms with Crippen molar-refractivity contribution in [2.75, 3.05) is 13.1 Å². The van der Waals surface area contributed by atoms with Gasteiger partial charge in [-0.1, -0.05) is 44.2 Å². The first-order valence-electron chi connectivity index (χ1n) is 8.52. The zero-order chi connectivity index (χ0) is 16.4. The van der Waals surface area contributed by atoms with Crippen LogP contribution in [0.15, 0.2) is 41.7 Å². The third-order valence-electron chi connectivity index (χ3n) is 4.96. The molecule has 0 spiro atoms. The maximum absolute atomic E-state index is 12.9. The minimum atomic E-state index is -3.66. The second-order valence-electron chi connectivity index (χ2n) is 6.23. The van der Waals surface area contributed by atoms with E-state index in [2.05, 4.69) is 18.7 Å². The molecule has 0 fully saturated rings. The molecule has 0 radical (unpaired) electrons. The lowest BCUT2D eigenvalue weighted by Crippen LogP contribution is -2.47. The Morgan fingerprint density at radius 3 is 2.39 bits per heavy atom. The van der Waals surface area contributed by atoms with Crippen molar-refractivity contribution in [2.45, 2.75) is 50.8 Å². The number of likely N-dealkylation sites (N-methyl/N-ethyl adjacent to an activating group) is 1. The summed E-state index contributed by atoms with van der Waals surface area (Å²) in [6.07, 6.45) is 3.81. The summed E-state index contributed by atoms with van der Waals surface area (Å²) in [7, 11) is -3.66. The average Bonchev–Trinajstić information content (AvgIpc) is 2.55. The third kappa shape index (κ3) is 3.04. The van der Waals surface area contributed by atoms with Gasteiger partial charge in [-0.25, -0.2) is 0 Å². The van der Waals surface area contributed by atoms with Gasteiger partial charge in [-0.2, -0.15) is 8.42 Å². The zero-order valence-electron chi connectivity index (χ0n) is 13.9. The zero-order valence-corrected chi connectivity index (χ0v) is 14.7. The smallest absolute Gasteiger partial charge is 0.317 e. The van der Waals surface area contributed by atoms with Crippen molar-refractivity contribution >= 4 is 10.1 Å². The topological polar surface area (TPSA) is 46.6 Å². The van der Waals surface area contributed by atoms with E-state index in [1.807, 2.05) is 30.3 Å². The molecule has 3 rings (SSSR count). The molecule has 1 aliphatic carbocycles. The molecular weight excluding hydrogens is 310 g/mol. The number of hydrogen-bond acceptors (Lipinski definition) is 4. The number of nitrogens with zero attached hydrogens (tertiary/aromatic N) is 1. The van der Waals surface area contributed by atoms with Gasteiger partial charge >= 0.3 is 10.1 Å². The SMILES string of the molecule is CCN(CC)[C@H]1C2=C(CCCC2)OS(=O)(=O)[C@@H]1c1ccccc1. The molecule has 0 bridgehead atoms. The molecule has 2 aliphatic rings. The van der Waals surface area contributed by atoms with Gasteiger partial charge in [0, 0.05) is 6.42 Å². The molecule has 0 N–H and O–H groups in total. The van der Waals surface area contributed by atoms with E-state index in [4.69, 9.17) is 4.18 Å². The first kappa shape index (κ1) is 16.5. The van der Waals surface area contributed by atoms with Crippen LogP contribution in [0.25, 0.3) is 0 Å². The van der Waals surface area contributed by atoms with E-state index >= 15 is 0 Å². The second kappa shape index (κ2) is 6.65. The molecule has 1 heterocycles. The van der Waals surface area contributed by atoms with Crippen molar-refractivity contribution in [3.63, 3.8) is 0 Å². The lowest BCUT2D eigenvalue weighted by molar-refractivity contribution is 0.200. The molecule has 126 valence electrons. The van der Waals surface area contributed by atoms with Crippen LogP contribution in [0.1, 0.15) is 50.3 Å². The predicted octanol–water partition coefficient (Wildman–Crippen LogP) is 3.63. The van der Waals surface area contributed by atoms with Gasteiger partial charge in [0.15, 0.2) is 0 Å². The summed E-state index contributed by atoms with van der Waals surface area (Å²) in [6.45, 7) is 5.85. The molecule has 0 saturated carbocycles. The Bertz CT molecular complexity index is 677. The van der Waals surface area contributed by atoms with Crippen LogP contribution in [-0.2, 0) is 14.3 Å². The van der Waals surface area contributed by atoms with Crippen molar-refractivity contribution in [2.24, 2.45) is 0 Å². The van der Waals surface area contributed by atoms with Crippen molar-refractivity contribution in [3.05, 3.63) is 47.2 Å². The lowest BCUT2D eigenvalue weighted by atomic mass is 9.87. The maximum atomic E-state index is 12.9. The highest BCUT2D eigenvalue weighted by atomic mass is 32.2. The Hall–Kier alpha value is -1.33. The van der Waals surface area contributed by atoms with Crippen LogP contribution in [0.2, 0.25) is 0 Å². The van der Waals surface area contributed by atoms with Crippen LogP contribution in [0.4, 0.5) is 0 Å². The summed E-state index contributed by atoms with van der Waals surface area (Å²) in [5.41, 5.74) is 2.02. The highest BCUT2D eigenvalue weighted by Crippen LogP contribution is 2.45. The Morgan fingerprint density at radius 2 is 1.74 bits per heavy atom. The van der Waals surface area contributed by atoms with Crippen LogP contribution >= 0.6 is 0 Å². The van der Waals surface area contributed by atoms with E-state index in [1.165, 1.54) is 5.57 Å². The molecule has 0 aromatic heterocycles. The van der Waals surface area contributed by atoms with Crippen LogP contribution < -0.4 is 0 Å². The summed E-state index contributed by atoms with van der Waals surface area (Å²) in [4.78, 5) is 2.26. The van der Waals surface area contributed by atoms with Crippen LogP contribution in [0.5, 0.6) is 0 Å². The van der Waals surface area contributed by atoms with Crippen LogP contribution in [-0.4, -0.2) is 32.4 Å². The summed E-state index contributed by atoms with van der Waals surface area (Å²) in [5.74, 6) is 0.709. The van der Waals surface area contributed by atoms with Gasteiger partial charge in [0.25, 0.3) is 0 Å². The Labute approximate surface area is 139 Å². The van der Waals surface area contributed by atoms with Gasteiger partial charge < -0.3 is 4.18 Å². The number of allylic oxidation sites excluding steroid dienone is 1. The van der Waals surface area contributed by atoms with E-state index in [1.54, 1.807) is 0 Å². The minimum Gasteiger partial charge on any atom is -0.386 e. The Kier molecular flexibility index (Phi) is 4.78. The fraction of sp³-hybridized carbons (Fsp3) is 0.556. The van der Waals surface area contributed by atoms with Crippen molar-refractivity contribution in [1.29, 1.82) is 0 Å².